The van der Waals surface area contributed by atoms with Gasteiger partial charge in [0.2, 0.25) is 5.95 Å². The van der Waals surface area contributed by atoms with Crippen LogP contribution in [0.1, 0.15) is 27.2 Å². The number of hydrogen-bond acceptors (Lipinski definition) is 4. The van der Waals surface area contributed by atoms with Crippen LogP contribution in [0, 0.1) is 0 Å². The summed E-state index contributed by atoms with van der Waals surface area (Å²) in [5, 5.41) is 3.73. The molecule has 2 aromatic rings. The number of nitrogens with one attached hydrogen (secondary N) is 2. The Labute approximate surface area is 105 Å². The van der Waals surface area contributed by atoms with E-state index in [1.165, 1.54) is 0 Å². The standard InChI is InChI=1S/C13H18N4O/c1-4-13(2,3)17-12-15-10-6-5-8(14)7-9(10)11(18)16-12/h5-7H,4,14H2,1-3H3,(H2,15,16,17,18). The van der Waals surface area contributed by atoms with Crippen LogP contribution in [-0.4, -0.2) is 15.5 Å². The third-order valence-electron chi connectivity index (χ3n) is 3.07. The van der Waals surface area contributed by atoms with Crippen molar-refractivity contribution in [2.45, 2.75) is 32.7 Å². The maximum atomic E-state index is 11.9. The first-order chi connectivity index (χ1) is 8.41. The molecule has 0 saturated heterocycles. The van der Waals surface area contributed by atoms with Crippen molar-refractivity contribution in [3.63, 3.8) is 0 Å². The smallest absolute Gasteiger partial charge is 0.260 e. The molecule has 0 radical (unpaired) electrons. The van der Waals surface area contributed by atoms with Gasteiger partial charge in [0.15, 0.2) is 0 Å². The lowest BCUT2D eigenvalue weighted by Gasteiger charge is -2.24. The van der Waals surface area contributed by atoms with E-state index in [1.54, 1.807) is 18.2 Å². The van der Waals surface area contributed by atoms with Gasteiger partial charge in [-0.05, 0) is 38.5 Å². The van der Waals surface area contributed by atoms with Crippen LogP contribution < -0.4 is 16.6 Å². The number of hydrogen-bond donors (Lipinski definition) is 3. The van der Waals surface area contributed by atoms with Gasteiger partial charge in [-0.15, -0.1) is 0 Å². The van der Waals surface area contributed by atoms with Crippen LogP contribution in [0.2, 0.25) is 0 Å². The summed E-state index contributed by atoms with van der Waals surface area (Å²) in [6.07, 6.45) is 0.927. The highest BCUT2D eigenvalue weighted by Crippen LogP contribution is 2.16. The van der Waals surface area contributed by atoms with Crippen molar-refractivity contribution in [3.8, 4) is 0 Å². The van der Waals surface area contributed by atoms with E-state index in [4.69, 9.17) is 5.73 Å². The number of nitrogens with zero attached hydrogens (tertiary/aromatic N) is 1. The first kappa shape index (κ1) is 12.4. The molecule has 0 saturated carbocycles. The number of benzene rings is 1. The van der Waals surface area contributed by atoms with Gasteiger partial charge in [-0.25, -0.2) is 4.98 Å². The normalized spacial score (nSPS) is 11.7. The number of aromatic amines is 1. The van der Waals surface area contributed by atoms with Gasteiger partial charge >= 0.3 is 0 Å². The minimum atomic E-state index is -0.179. The molecule has 0 aliphatic carbocycles. The van der Waals surface area contributed by atoms with Crippen molar-refractivity contribution < 1.29 is 0 Å². The average molecular weight is 246 g/mol. The number of fused-ring (bicyclic) bond motifs is 1. The number of aromatic nitrogens is 2. The molecule has 4 N–H and O–H groups in total. The summed E-state index contributed by atoms with van der Waals surface area (Å²) in [4.78, 5) is 19.1. The molecule has 5 nitrogen and oxygen atoms in total. The number of nitrogens with two attached hydrogens (primary N) is 1. The third kappa shape index (κ3) is 2.45. The Kier molecular flexibility index (Phi) is 2.98. The number of H-pyrrole nitrogens is 1. The second-order valence-corrected chi connectivity index (χ2v) is 5.05. The van der Waals surface area contributed by atoms with Gasteiger partial charge in [0.1, 0.15) is 0 Å². The zero-order valence-electron chi connectivity index (χ0n) is 10.9. The minimum absolute atomic E-state index is 0.114. The van der Waals surface area contributed by atoms with E-state index in [2.05, 4.69) is 36.1 Å². The maximum Gasteiger partial charge on any atom is 0.260 e. The highest BCUT2D eigenvalue weighted by molar-refractivity contribution is 5.81. The summed E-state index contributed by atoms with van der Waals surface area (Å²) >= 11 is 0. The Bertz CT molecular complexity index is 630. The van der Waals surface area contributed by atoms with Crippen molar-refractivity contribution in [2.75, 3.05) is 11.1 Å². The lowest BCUT2D eigenvalue weighted by molar-refractivity contribution is 0.542. The molecule has 5 heteroatoms. The summed E-state index contributed by atoms with van der Waals surface area (Å²) in [5.41, 5.74) is 6.57. The molecule has 0 spiro atoms. The first-order valence-corrected chi connectivity index (χ1v) is 5.99. The molecular weight excluding hydrogens is 228 g/mol. The SMILES string of the molecule is CCC(C)(C)Nc1nc2ccc(N)cc2c(=O)[nH]1. The molecule has 0 unspecified atom stereocenters. The highest BCUT2D eigenvalue weighted by Gasteiger charge is 2.16. The van der Waals surface area contributed by atoms with E-state index in [0.29, 0.717) is 22.5 Å². The highest BCUT2D eigenvalue weighted by atomic mass is 16.1. The molecule has 0 bridgehead atoms. The van der Waals surface area contributed by atoms with Crippen molar-refractivity contribution in [1.82, 2.24) is 9.97 Å². The van der Waals surface area contributed by atoms with E-state index >= 15 is 0 Å². The maximum absolute atomic E-state index is 11.9. The van der Waals surface area contributed by atoms with Crippen LogP contribution in [0.4, 0.5) is 11.6 Å². The lowest BCUT2D eigenvalue weighted by Crippen LogP contribution is -2.31. The summed E-state index contributed by atoms with van der Waals surface area (Å²) in [6.45, 7) is 6.19. The van der Waals surface area contributed by atoms with Crippen LogP contribution in [0.5, 0.6) is 0 Å². The number of rotatable bonds is 3. The van der Waals surface area contributed by atoms with Gasteiger partial charge in [0.25, 0.3) is 5.56 Å². The lowest BCUT2D eigenvalue weighted by atomic mass is 10.0. The average Bonchev–Trinajstić information content (AvgIpc) is 2.30. The Morgan fingerprint density at radius 3 is 2.83 bits per heavy atom. The second-order valence-electron chi connectivity index (χ2n) is 5.05. The van der Waals surface area contributed by atoms with E-state index in [1.807, 2.05) is 0 Å². The predicted molar refractivity (Wildman–Crippen MR) is 74.8 cm³/mol. The summed E-state index contributed by atoms with van der Waals surface area (Å²) in [7, 11) is 0. The Hall–Kier alpha value is -2.04. The van der Waals surface area contributed by atoms with Crippen molar-refractivity contribution in [2.24, 2.45) is 0 Å². The van der Waals surface area contributed by atoms with E-state index in [9.17, 15) is 4.79 Å². The quantitative estimate of drug-likeness (QED) is 0.724. The second kappa shape index (κ2) is 4.33. The largest absolute Gasteiger partial charge is 0.399 e. The zero-order chi connectivity index (χ0) is 13.3. The molecule has 96 valence electrons. The fraction of sp³-hybridized carbons (Fsp3) is 0.385. The van der Waals surface area contributed by atoms with Crippen LogP contribution >= 0.6 is 0 Å². The number of anilines is 2. The third-order valence-corrected chi connectivity index (χ3v) is 3.07. The first-order valence-electron chi connectivity index (χ1n) is 5.99. The molecular formula is C13H18N4O. The molecule has 1 aromatic carbocycles. The van der Waals surface area contributed by atoms with Gasteiger partial charge in [0, 0.05) is 11.2 Å². The van der Waals surface area contributed by atoms with Gasteiger partial charge in [-0.2, -0.15) is 0 Å². The molecule has 1 aromatic heterocycles. The van der Waals surface area contributed by atoms with Gasteiger partial charge in [-0.1, -0.05) is 6.92 Å². The topological polar surface area (TPSA) is 83.8 Å². The van der Waals surface area contributed by atoms with Crippen LogP contribution in [0.15, 0.2) is 23.0 Å². The minimum Gasteiger partial charge on any atom is -0.399 e. The van der Waals surface area contributed by atoms with Crippen molar-refractivity contribution in [3.05, 3.63) is 28.6 Å². The van der Waals surface area contributed by atoms with Crippen LogP contribution in [0.25, 0.3) is 10.9 Å². The molecule has 0 atom stereocenters. The van der Waals surface area contributed by atoms with Gasteiger partial charge < -0.3 is 11.1 Å². The molecule has 0 aliphatic heterocycles. The Morgan fingerprint density at radius 2 is 2.17 bits per heavy atom. The molecule has 2 rings (SSSR count). The Balaban J connectivity index is 2.50. The number of nitrogen functional groups attached to an aromatic ring is 1. The van der Waals surface area contributed by atoms with Crippen LogP contribution in [-0.2, 0) is 0 Å². The summed E-state index contributed by atoms with van der Waals surface area (Å²) in [5.74, 6) is 0.490. The zero-order valence-corrected chi connectivity index (χ0v) is 10.9. The van der Waals surface area contributed by atoms with Crippen molar-refractivity contribution >= 4 is 22.5 Å². The van der Waals surface area contributed by atoms with Crippen molar-refractivity contribution in [1.29, 1.82) is 0 Å². The predicted octanol–water partition coefficient (Wildman–Crippen LogP) is 2.11. The molecule has 18 heavy (non-hydrogen) atoms. The van der Waals surface area contributed by atoms with E-state index < -0.39 is 0 Å². The fourth-order valence-corrected chi connectivity index (χ4v) is 1.62. The molecule has 1 heterocycles. The molecule has 0 aliphatic rings. The van der Waals surface area contributed by atoms with Crippen LogP contribution in [0.3, 0.4) is 0 Å². The summed E-state index contributed by atoms with van der Waals surface area (Å²) in [6, 6.07) is 5.13. The van der Waals surface area contributed by atoms with E-state index in [-0.39, 0.29) is 11.1 Å². The van der Waals surface area contributed by atoms with Gasteiger partial charge in [0.05, 0.1) is 10.9 Å². The molecule has 0 amide bonds. The molecule has 0 fully saturated rings. The Morgan fingerprint density at radius 1 is 1.44 bits per heavy atom. The van der Waals surface area contributed by atoms with Gasteiger partial charge in [-0.3, -0.25) is 9.78 Å². The van der Waals surface area contributed by atoms with E-state index in [0.717, 1.165) is 6.42 Å². The fourth-order valence-electron chi connectivity index (χ4n) is 1.62. The monoisotopic (exact) mass is 246 g/mol. The summed E-state index contributed by atoms with van der Waals surface area (Å²) < 4.78 is 0.